The second-order valence-electron chi connectivity index (χ2n) is 2.78. The molecule has 0 aliphatic carbocycles. The molecule has 0 aliphatic rings. The summed E-state index contributed by atoms with van der Waals surface area (Å²) in [6, 6.07) is 6.03. The molecule has 0 atom stereocenters. The van der Waals surface area contributed by atoms with Gasteiger partial charge in [0.25, 0.3) is 0 Å². The van der Waals surface area contributed by atoms with Crippen LogP contribution in [0.25, 0.3) is 0 Å². The van der Waals surface area contributed by atoms with Crippen LogP contribution in [0.5, 0.6) is 0 Å². The van der Waals surface area contributed by atoms with Crippen LogP contribution < -0.4 is 9.57 Å². The topological polar surface area (TPSA) is 13.1 Å². The molecule has 0 aromatic carbocycles. The van der Waals surface area contributed by atoms with Crippen molar-refractivity contribution >= 4 is 7.25 Å². The van der Waals surface area contributed by atoms with Crippen LogP contribution >= 0.6 is 0 Å². The Bertz CT molecular complexity index is 290. The molecule has 86 valence electrons. The maximum Gasteiger partial charge on any atom is 0.673 e. The van der Waals surface area contributed by atoms with Crippen LogP contribution in [0.1, 0.15) is 11.4 Å². The number of hydrogen-bond acceptors (Lipinski definition) is 1. The molecule has 0 amide bonds. The van der Waals surface area contributed by atoms with Gasteiger partial charge >= 0.3 is 7.25 Å². The van der Waals surface area contributed by atoms with Gasteiger partial charge in [0.2, 0.25) is 11.4 Å². The van der Waals surface area contributed by atoms with Crippen LogP contribution in [0.15, 0.2) is 18.2 Å². The molecule has 1 heterocycles. The summed E-state index contributed by atoms with van der Waals surface area (Å²) in [7, 11) is -4.33. The molecule has 1 aromatic heterocycles. The molecule has 0 N–H and O–H groups in total. The quantitative estimate of drug-likeness (QED) is 0.404. The summed E-state index contributed by atoms with van der Waals surface area (Å²) < 4.78 is 40.8. The van der Waals surface area contributed by atoms with Crippen LogP contribution in [-0.4, -0.2) is 14.4 Å². The van der Waals surface area contributed by atoms with Gasteiger partial charge in [0, 0.05) is 30.7 Å². The summed E-state index contributed by atoms with van der Waals surface area (Å²) in [4.78, 5) is 5.09. The highest BCUT2D eigenvalue weighted by molar-refractivity contribution is 6.50. The standard InChI is InChI=1S/C8H12NO.BF4/c1-7-5-4-6-8(2)9(7)10-3;2-1(3,4)5/h4-6H,1-3H3;/q+1;-1. The molecule has 0 fully saturated rings. The zero-order valence-electron chi connectivity index (χ0n) is 8.68. The summed E-state index contributed by atoms with van der Waals surface area (Å²) >= 11 is 0. The molecule has 0 radical (unpaired) electrons. The van der Waals surface area contributed by atoms with E-state index in [1.54, 1.807) is 11.8 Å². The fraction of sp³-hybridized carbons (Fsp3) is 0.375. The molecule has 0 saturated carbocycles. The van der Waals surface area contributed by atoms with Crippen molar-refractivity contribution in [2.75, 3.05) is 7.11 Å². The number of pyridine rings is 1. The van der Waals surface area contributed by atoms with Gasteiger partial charge in [-0.15, -0.1) is 0 Å². The number of halogens is 4. The minimum absolute atomic E-state index is 1.11. The first kappa shape index (κ1) is 13.7. The van der Waals surface area contributed by atoms with E-state index in [4.69, 9.17) is 4.84 Å². The smallest absolute Gasteiger partial charge is 0.418 e. The van der Waals surface area contributed by atoms with Crippen LogP contribution in [-0.2, 0) is 0 Å². The predicted molar refractivity (Wildman–Crippen MR) is 48.8 cm³/mol. The molecule has 1 rings (SSSR count). The highest BCUT2D eigenvalue weighted by Gasteiger charge is 2.20. The van der Waals surface area contributed by atoms with E-state index >= 15 is 0 Å². The Morgan fingerprint density at radius 1 is 1.07 bits per heavy atom. The van der Waals surface area contributed by atoms with Crippen LogP contribution in [0, 0.1) is 13.8 Å². The third-order valence-electron chi connectivity index (χ3n) is 1.50. The van der Waals surface area contributed by atoms with Gasteiger partial charge in [0.15, 0.2) is 0 Å². The zero-order valence-corrected chi connectivity index (χ0v) is 8.68. The largest absolute Gasteiger partial charge is 0.673 e. The lowest BCUT2D eigenvalue weighted by atomic mass is 10.3. The van der Waals surface area contributed by atoms with Gasteiger partial charge < -0.3 is 17.3 Å². The van der Waals surface area contributed by atoms with Crippen molar-refractivity contribution < 1.29 is 26.8 Å². The average Bonchev–Trinajstić information content (AvgIpc) is 2.01. The van der Waals surface area contributed by atoms with E-state index in [1.165, 1.54) is 0 Å². The molecule has 0 bridgehead atoms. The highest BCUT2D eigenvalue weighted by atomic mass is 19.5. The minimum Gasteiger partial charge on any atom is -0.418 e. The Balaban J connectivity index is 0.000000336. The maximum absolute atomic E-state index is 9.75. The summed E-state index contributed by atoms with van der Waals surface area (Å²) in [6.07, 6.45) is 0. The third-order valence-corrected chi connectivity index (χ3v) is 1.50. The normalized spacial score (nSPS) is 10.3. The second-order valence-corrected chi connectivity index (χ2v) is 2.78. The van der Waals surface area contributed by atoms with Crippen LogP contribution in [0.3, 0.4) is 0 Å². The molecule has 0 saturated heterocycles. The van der Waals surface area contributed by atoms with Crippen molar-refractivity contribution in [1.82, 2.24) is 0 Å². The highest BCUT2D eigenvalue weighted by Crippen LogP contribution is 2.06. The molecule has 7 heteroatoms. The number of nitrogens with zero attached hydrogens (tertiary/aromatic N) is 1. The number of aryl methyl sites for hydroxylation is 2. The zero-order chi connectivity index (χ0) is 12.1. The number of aromatic nitrogens is 1. The molecular weight excluding hydrogens is 213 g/mol. The summed E-state index contributed by atoms with van der Waals surface area (Å²) in [5, 5.41) is 0. The van der Waals surface area contributed by atoms with E-state index < -0.39 is 7.25 Å². The SMILES string of the molecule is CO[n+]1c(C)cccc1C.F[B-](F)(F)F. The van der Waals surface area contributed by atoms with Gasteiger partial charge in [-0.05, 0) is 6.07 Å². The second kappa shape index (κ2) is 5.58. The van der Waals surface area contributed by atoms with Crippen molar-refractivity contribution in [2.45, 2.75) is 13.8 Å². The van der Waals surface area contributed by atoms with E-state index in [1.807, 2.05) is 32.0 Å². The molecule has 2 nitrogen and oxygen atoms in total. The fourth-order valence-corrected chi connectivity index (χ4v) is 1.03. The summed E-state index contributed by atoms with van der Waals surface area (Å²) in [5.41, 5.74) is 2.23. The van der Waals surface area contributed by atoms with Crippen molar-refractivity contribution in [1.29, 1.82) is 0 Å². The van der Waals surface area contributed by atoms with E-state index in [0.717, 1.165) is 11.4 Å². The Morgan fingerprint density at radius 3 is 1.60 bits per heavy atom. The Kier molecular flexibility index (Phi) is 5.11. The Labute approximate surface area is 85.5 Å². The van der Waals surface area contributed by atoms with Crippen molar-refractivity contribution in [2.24, 2.45) is 0 Å². The summed E-state index contributed by atoms with van der Waals surface area (Å²) in [5.74, 6) is 0. The van der Waals surface area contributed by atoms with Crippen molar-refractivity contribution in [3.05, 3.63) is 29.6 Å². The first-order chi connectivity index (χ1) is 6.75. The van der Waals surface area contributed by atoms with Gasteiger partial charge in [0.05, 0.1) is 0 Å². The van der Waals surface area contributed by atoms with Gasteiger partial charge in [-0.1, -0.05) is 0 Å². The van der Waals surface area contributed by atoms with E-state index in [-0.39, 0.29) is 0 Å². The monoisotopic (exact) mass is 225 g/mol. The number of rotatable bonds is 1. The van der Waals surface area contributed by atoms with Gasteiger partial charge in [0.1, 0.15) is 7.11 Å². The maximum atomic E-state index is 9.75. The van der Waals surface area contributed by atoms with Gasteiger partial charge in [-0.2, -0.15) is 0 Å². The molecule has 0 unspecified atom stereocenters. The molecule has 0 aliphatic heterocycles. The number of hydrogen-bond donors (Lipinski definition) is 0. The van der Waals surface area contributed by atoms with Crippen molar-refractivity contribution in [3.8, 4) is 0 Å². The van der Waals surface area contributed by atoms with Crippen LogP contribution in [0.2, 0.25) is 0 Å². The average molecular weight is 225 g/mol. The fourth-order valence-electron chi connectivity index (χ4n) is 1.03. The molecule has 1 aromatic rings. The lowest BCUT2D eigenvalue weighted by molar-refractivity contribution is -0.893. The van der Waals surface area contributed by atoms with E-state index in [2.05, 4.69) is 0 Å². The molecule has 0 spiro atoms. The van der Waals surface area contributed by atoms with Gasteiger partial charge in [-0.3, -0.25) is 4.84 Å². The molecular formula is C8H12BF4NO. The Hall–Kier alpha value is -1.27. The van der Waals surface area contributed by atoms with E-state index in [0.29, 0.717) is 0 Å². The Morgan fingerprint density at radius 2 is 1.40 bits per heavy atom. The van der Waals surface area contributed by atoms with E-state index in [9.17, 15) is 17.3 Å². The molecule has 15 heavy (non-hydrogen) atoms. The van der Waals surface area contributed by atoms with Crippen LogP contribution in [0.4, 0.5) is 17.3 Å². The first-order valence-electron chi connectivity index (χ1n) is 4.15. The third kappa shape index (κ3) is 6.76. The predicted octanol–water partition coefficient (Wildman–Crippen LogP) is 1.95. The summed E-state index contributed by atoms with van der Waals surface area (Å²) in [6.45, 7) is 4.02. The minimum atomic E-state index is -6.00. The van der Waals surface area contributed by atoms with Crippen molar-refractivity contribution in [3.63, 3.8) is 0 Å². The lowest BCUT2D eigenvalue weighted by Crippen LogP contribution is -2.45. The lowest BCUT2D eigenvalue weighted by Gasteiger charge is -1.96. The first-order valence-corrected chi connectivity index (χ1v) is 4.15. The van der Waals surface area contributed by atoms with Gasteiger partial charge in [-0.25, -0.2) is 0 Å².